The number of alkyl halides is 1. The fourth-order valence-electron chi connectivity index (χ4n) is 2.03. The minimum Gasteiger partial charge on any atom is -0.490 e. The fourth-order valence-corrected chi connectivity index (χ4v) is 2.24. The Balaban J connectivity index is 2.16. The molecule has 0 N–H and O–H groups in total. The Bertz CT molecular complexity index is 375. The molecule has 1 aliphatic rings. The Hall–Kier alpha value is -0.930. The molecule has 0 saturated carbocycles. The Morgan fingerprint density at radius 1 is 1.33 bits per heavy atom. The molecular weight excluding hydrogens is 252 g/mol. The smallest absolute Gasteiger partial charge is 0.165 e. The fraction of sp³-hybridized carbons (Fsp3) is 0.571. The molecule has 1 aromatic rings. The molecule has 4 heteroatoms. The van der Waals surface area contributed by atoms with Crippen LogP contribution in [0.3, 0.4) is 0 Å². The molecule has 1 fully saturated rings. The maximum Gasteiger partial charge on any atom is 0.165 e. The highest BCUT2D eigenvalue weighted by molar-refractivity contribution is 6.17. The monoisotopic (exact) mass is 270 g/mol. The molecule has 0 aliphatic carbocycles. The molecule has 100 valence electrons. The van der Waals surface area contributed by atoms with Gasteiger partial charge in [0.05, 0.1) is 25.7 Å². The number of para-hydroxylation sites is 1. The normalized spacial score (nSPS) is 16.6. The quantitative estimate of drug-likeness (QED) is 0.768. The van der Waals surface area contributed by atoms with Gasteiger partial charge in [-0.1, -0.05) is 12.1 Å². The predicted octanol–water partition coefficient (Wildman–Crippen LogP) is 3.38. The van der Waals surface area contributed by atoms with Crippen LogP contribution in [0.1, 0.15) is 25.3 Å². The number of benzene rings is 1. The largest absolute Gasteiger partial charge is 0.490 e. The summed E-state index contributed by atoms with van der Waals surface area (Å²) in [6.07, 6.45) is 2.03. The average molecular weight is 271 g/mol. The lowest BCUT2D eigenvalue weighted by atomic mass is 10.1. The van der Waals surface area contributed by atoms with Gasteiger partial charge in [0, 0.05) is 18.4 Å². The Morgan fingerprint density at radius 2 is 2.11 bits per heavy atom. The van der Waals surface area contributed by atoms with E-state index >= 15 is 0 Å². The molecule has 1 heterocycles. The highest BCUT2D eigenvalue weighted by Gasteiger charge is 2.19. The van der Waals surface area contributed by atoms with Crippen LogP contribution in [0.5, 0.6) is 11.5 Å². The molecule has 1 aliphatic heterocycles. The van der Waals surface area contributed by atoms with Crippen LogP contribution in [0.2, 0.25) is 0 Å². The highest BCUT2D eigenvalue weighted by atomic mass is 35.5. The zero-order chi connectivity index (χ0) is 12.8. The van der Waals surface area contributed by atoms with E-state index < -0.39 is 0 Å². The third-order valence-corrected chi connectivity index (χ3v) is 3.25. The lowest BCUT2D eigenvalue weighted by molar-refractivity contribution is 0.0240. The van der Waals surface area contributed by atoms with Crippen LogP contribution < -0.4 is 9.47 Å². The second-order valence-corrected chi connectivity index (χ2v) is 4.51. The average Bonchev–Trinajstić information content (AvgIpc) is 2.42. The van der Waals surface area contributed by atoms with Gasteiger partial charge in [-0.15, -0.1) is 11.6 Å². The lowest BCUT2D eigenvalue weighted by Gasteiger charge is -2.25. The van der Waals surface area contributed by atoms with E-state index in [0.717, 1.165) is 43.1 Å². The topological polar surface area (TPSA) is 27.7 Å². The zero-order valence-corrected chi connectivity index (χ0v) is 11.4. The van der Waals surface area contributed by atoms with Crippen molar-refractivity contribution in [1.29, 1.82) is 0 Å². The van der Waals surface area contributed by atoms with E-state index in [0.29, 0.717) is 12.5 Å². The number of hydrogen-bond acceptors (Lipinski definition) is 3. The van der Waals surface area contributed by atoms with E-state index in [-0.39, 0.29) is 6.10 Å². The first-order valence-corrected chi connectivity index (χ1v) is 6.93. The summed E-state index contributed by atoms with van der Waals surface area (Å²) in [7, 11) is 0. The Kier molecular flexibility index (Phi) is 5.14. The predicted molar refractivity (Wildman–Crippen MR) is 71.6 cm³/mol. The van der Waals surface area contributed by atoms with Crippen molar-refractivity contribution in [1.82, 2.24) is 0 Å². The molecule has 1 saturated heterocycles. The molecule has 18 heavy (non-hydrogen) atoms. The summed E-state index contributed by atoms with van der Waals surface area (Å²) in [5.41, 5.74) is 0.981. The third-order valence-electron chi connectivity index (χ3n) is 2.96. The van der Waals surface area contributed by atoms with Crippen LogP contribution >= 0.6 is 11.6 Å². The van der Waals surface area contributed by atoms with Crippen LogP contribution in [0.4, 0.5) is 0 Å². The maximum absolute atomic E-state index is 6.07. The summed E-state index contributed by atoms with van der Waals surface area (Å²) in [5.74, 6) is 2.00. The summed E-state index contributed by atoms with van der Waals surface area (Å²) in [6.45, 7) is 4.11. The first-order valence-electron chi connectivity index (χ1n) is 6.40. The van der Waals surface area contributed by atoms with Gasteiger partial charge >= 0.3 is 0 Å². The molecule has 0 amide bonds. The maximum atomic E-state index is 6.07. The van der Waals surface area contributed by atoms with E-state index in [1.54, 1.807) is 0 Å². The van der Waals surface area contributed by atoms with Crippen molar-refractivity contribution in [2.24, 2.45) is 0 Å². The van der Waals surface area contributed by atoms with Crippen molar-refractivity contribution in [3.63, 3.8) is 0 Å². The molecule has 0 spiro atoms. The summed E-state index contributed by atoms with van der Waals surface area (Å²) in [6, 6.07) is 5.85. The van der Waals surface area contributed by atoms with Gasteiger partial charge in [0.15, 0.2) is 11.5 Å². The highest BCUT2D eigenvalue weighted by Crippen LogP contribution is 2.34. The van der Waals surface area contributed by atoms with Gasteiger partial charge in [-0.3, -0.25) is 0 Å². The van der Waals surface area contributed by atoms with Crippen LogP contribution in [0, 0.1) is 0 Å². The van der Waals surface area contributed by atoms with E-state index in [1.807, 2.05) is 25.1 Å². The second kappa shape index (κ2) is 6.86. The van der Waals surface area contributed by atoms with Crippen LogP contribution in [-0.2, 0) is 10.6 Å². The summed E-state index contributed by atoms with van der Waals surface area (Å²) in [5, 5.41) is 0. The van der Waals surface area contributed by atoms with Crippen LogP contribution in [-0.4, -0.2) is 25.9 Å². The van der Waals surface area contributed by atoms with E-state index in [1.165, 1.54) is 0 Å². The van der Waals surface area contributed by atoms with E-state index in [9.17, 15) is 0 Å². The van der Waals surface area contributed by atoms with Gasteiger partial charge < -0.3 is 14.2 Å². The molecule has 0 unspecified atom stereocenters. The van der Waals surface area contributed by atoms with Gasteiger partial charge in [-0.05, 0) is 13.0 Å². The number of rotatable bonds is 5. The van der Waals surface area contributed by atoms with Gasteiger partial charge in [0.1, 0.15) is 6.10 Å². The first kappa shape index (κ1) is 13.5. The molecule has 0 radical (unpaired) electrons. The van der Waals surface area contributed by atoms with Crippen LogP contribution in [0.25, 0.3) is 0 Å². The Labute approximate surface area is 113 Å². The first-order chi connectivity index (χ1) is 8.85. The van der Waals surface area contributed by atoms with Crippen molar-refractivity contribution in [3.8, 4) is 11.5 Å². The molecule has 0 bridgehead atoms. The van der Waals surface area contributed by atoms with E-state index in [4.69, 9.17) is 25.8 Å². The van der Waals surface area contributed by atoms with Gasteiger partial charge in [0.25, 0.3) is 0 Å². The molecule has 3 nitrogen and oxygen atoms in total. The molecule has 2 rings (SSSR count). The second-order valence-electron chi connectivity index (χ2n) is 4.24. The van der Waals surface area contributed by atoms with Crippen molar-refractivity contribution in [2.45, 2.75) is 31.7 Å². The summed E-state index contributed by atoms with van der Waals surface area (Å²) >= 11 is 5.96. The summed E-state index contributed by atoms with van der Waals surface area (Å²) < 4.78 is 17.0. The number of ether oxygens (including phenoxy) is 3. The lowest BCUT2D eigenvalue weighted by Crippen LogP contribution is -2.26. The Morgan fingerprint density at radius 3 is 2.78 bits per heavy atom. The number of halogens is 1. The van der Waals surface area contributed by atoms with Gasteiger partial charge in [-0.25, -0.2) is 0 Å². The van der Waals surface area contributed by atoms with Crippen molar-refractivity contribution >= 4 is 11.6 Å². The molecule has 1 aromatic carbocycles. The van der Waals surface area contributed by atoms with Crippen molar-refractivity contribution in [2.75, 3.05) is 19.8 Å². The number of hydrogen-bond donors (Lipinski definition) is 0. The standard InChI is InChI=1S/C14H19ClO3/c1-2-17-13-5-3-4-11(10-15)14(13)18-12-6-8-16-9-7-12/h3-5,12H,2,6-10H2,1H3. The van der Waals surface area contributed by atoms with Crippen molar-refractivity contribution in [3.05, 3.63) is 23.8 Å². The SMILES string of the molecule is CCOc1cccc(CCl)c1OC1CCOCC1. The molecule has 0 aromatic heterocycles. The van der Waals surface area contributed by atoms with Gasteiger partial charge in [0.2, 0.25) is 0 Å². The minimum absolute atomic E-state index is 0.197. The van der Waals surface area contributed by atoms with E-state index in [2.05, 4.69) is 0 Å². The van der Waals surface area contributed by atoms with Crippen molar-refractivity contribution < 1.29 is 14.2 Å². The molecular formula is C14H19ClO3. The zero-order valence-electron chi connectivity index (χ0n) is 10.7. The summed E-state index contributed by atoms with van der Waals surface area (Å²) in [4.78, 5) is 0. The molecule has 0 atom stereocenters. The van der Waals surface area contributed by atoms with Gasteiger partial charge in [-0.2, -0.15) is 0 Å². The minimum atomic E-state index is 0.197. The third kappa shape index (κ3) is 3.30. The van der Waals surface area contributed by atoms with Crippen LogP contribution in [0.15, 0.2) is 18.2 Å².